The summed E-state index contributed by atoms with van der Waals surface area (Å²) in [5.41, 5.74) is 0. The lowest BCUT2D eigenvalue weighted by molar-refractivity contribution is -0.141. The standard InChI is InChI=1S/C15H24N2O3/c1-3-9(4-2)17-14(18)8-12(15(17)19)16-11-7-10-5-6-13(11)20-10/h9-13,16H,3-8H2,1-2H3. The Morgan fingerprint density at radius 3 is 2.60 bits per heavy atom. The maximum atomic E-state index is 12.5. The molecule has 112 valence electrons. The summed E-state index contributed by atoms with van der Waals surface area (Å²) < 4.78 is 5.80. The van der Waals surface area contributed by atoms with Crippen molar-refractivity contribution in [1.82, 2.24) is 10.2 Å². The molecule has 5 heteroatoms. The van der Waals surface area contributed by atoms with Crippen molar-refractivity contribution in [3.05, 3.63) is 0 Å². The Bertz CT molecular complexity index is 408. The highest BCUT2D eigenvalue weighted by molar-refractivity contribution is 6.05. The van der Waals surface area contributed by atoms with Gasteiger partial charge in [-0.3, -0.25) is 19.8 Å². The van der Waals surface area contributed by atoms with Crippen LogP contribution in [0.4, 0.5) is 0 Å². The minimum absolute atomic E-state index is 0.0229. The van der Waals surface area contributed by atoms with Crippen LogP contribution in [-0.2, 0) is 14.3 Å². The minimum atomic E-state index is -0.337. The zero-order valence-electron chi connectivity index (χ0n) is 12.3. The van der Waals surface area contributed by atoms with Crippen molar-refractivity contribution < 1.29 is 14.3 Å². The predicted molar refractivity (Wildman–Crippen MR) is 74.1 cm³/mol. The molecule has 3 saturated heterocycles. The number of hydrogen-bond acceptors (Lipinski definition) is 4. The van der Waals surface area contributed by atoms with E-state index < -0.39 is 0 Å². The number of nitrogens with one attached hydrogen (secondary N) is 1. The molecule has 3 rings (SSSR count). The van der Waals surface area contributed by atoms with Crippen molar-refractivity contribution in [2.24, 2.45) is 0 Å². The second kappa shape index (κ2) is 5.45. The lowest BCUT2D eigenvalue weighted by Crippen LogP contribution is -2.49. The van der Waals surface area contributed by atoms with Crippen LogP contribution < -0.4 is 5.32 Å². The van der Waals surface area contributed by atoms with Crippen LogP contribution in [0.25, 0.3) is 0 Å². The Hall–Kier alpha value is -0.940. The smallest absolute Gasteiger partial charge is 0.247 e. The van der Waals surface area contributed by atoms with Gasteiger partial charge >= 0.3 is 0 Å². The first-order valence-electron chi connectivity index (χ1n) is 7.91. The SMILES string of the molecule is CCC(CC)N1C(=O)CC(NC2CC3CCC2O3)C1=O. The molecule has 0 aromatic carbocycles. The van der Waals surface area contributed by atoms with E-state index in [-0.39, 0.29) is 36.0 Å². The van der Waals surface area contributed by atoms with E-state index in [1.165, 1.54) is 4.90 Å². The van der Waals surface area contributed by atoms with E-state index >= 15 is 0 Å². The molecule has 1 N–H and O–H groups in total. The van der Waals surface area contributed by atoms with Crippen molar-refractivity contribution in [2.45, 2.75) is 82.7 Å². The minimum Gasteiger partial charge on any atom is -0.373 e. The van der Waals surface area contributed by atoms with Crippen molar-refractivity contribution in [3.8, 4) is 0 Å². The van der Waals surface area contributed by atoms with Crippen LogP contribution >= 0.6 is 0 Å². The number of amides is 2. The third-order valence-corrected chi connectivity index (χ3v) is 5.01. The summed E-state index contributed by atoms with van der Waals surface area (Å²) in [5.74, 6) is -0.0586. The van der Waals surface area contributed by atoms with Gasteiger partial charge in [-0.1, -0.05) is 13.8 Å². The summed E-state index contributed by atoms with van der Waals surface area (Å²) >= 11 is 0. The maximum Gasteiger partial charge on any atom is 0.247 e. The van der Waals surface area contributed by atoms with Crippen LogP contribution in [0.2, 0.25) is 0 Å². The second-order valence-corrected chi connectivity index (χ2v) is 6.21. The van der Waals surface area contributed by atoms with Crippen molar-refractivity contribution in [2.75, 3.05) is 0 Å². The zero-order chi connectivity index (χ0) is 14.3. The van der Waals surface area contributed by atoms with E-state index in [1.807, 2.05) is 13.8 Å². The summed E-state index contributed by atoms with van der Waals surface area (Å²) in [7, 11) is 0. The number of fused-ring (bicyclic) bond motifs is 2. The molecular formula is C15H24N2O3. The van der Waals surface area contributed by atoms with Gasteiger partial charge < -0.3 is 4.74 Å². The lowest BCUT2D eigenvalue weighted by Gasteiger charge is -2.26. The van der Waals surface area contributed by atoms with Gasteiger partial charge in [0.1, 0.15) is 0 Å². The number of hydrogen-bond donors (Lipinski definition) is 1. The molecule has 5 nitrogen and oxygen atoms in total. The number of imide groups is 1. The van der Waals surface area contributed by atoms with Gasteiger partial charge in [-0.25, -0.2) is 0 Å². The molecule has 3 aliphatic rings. The van der Waals surface area contributed by atoms with E-state index in [0.717, 1.165) is 32.1 Å². The largest absolute Gasteiger partial charge is 0.373 e. The van der Waals surface area contributed by atoms with Gasteiger partial charge in [-0.05, 0) is 32.1 Å². The maximum absolute atomic E-state index is 12.5. The number of ether oxygens (including phenoxy) is 1. The van der Waals surface area contributed by atoms with Gasteiger partial charge in [0.2, 0.25) is 11.8 Å². The average molecular weight is 280 g/mol. The first-order valence-corrected chi connectivity index (χ1v) is 7.91. The van der Waals surface area contributed by atoms with Gasteiger partial charge in [-0.2, -0.15) is 0 Å². The Morgan fingerprint density at radius 2 is 2.05 bits per heavy atom. The van der Waals surface area contributed by atoms with Gasteiger partial charge in [0, 0.05) is 12.1 Å². The zero-order valence-corrected chi connectivity index (χ0v) is 12.3. The molecule has 2 amide bonds. The first kappa shape index (κ1) is 14.0. The Labute approximate surface area is 120 Å². The first-order chi connectivity index (χ1) is 9.63. The summed E-state index contributed by atoms with van der Waals surface area (Å²) in [6.45, 7) is 4.05. The van der Waals surface area contributed by atoms with E-state index in [0.29, 0.717) is 12.5 Å². The summed E-state index contributed by atoms with van der Waals surface area (Å²) in [6.07, 6.45) is 5.77. The number of nitrogens with zero attached hydrogens (tertiary/aromatic N) is 1. The molecule has 4 unspecified atom stereocenters. The molecule has 3 heterocycles. The van der Waals surface area contributed by atoms with Crippen molar-refractivity contribution in [3.63, 3.8) is 0 Å². The van der Waals surface area contributed by atoms with Crippen LogP contribution in [-0.4, -0.2) is 47.0 Å². The van der Waals surface area contributed by atoms with Gasteiger partial charge in [0.05, 0.1) is 24.7 Å². The highest BCUT2D eigenvalue weighted by Crippen LogP contribution is 2.35. The van der Waals surface area contributed by atoms with Gasteiger partial charge in [0.15, 0.2) is 0 Å². The molecule has 0 spiro atoms. The Balaban J connectivity index is 1.64. The van der Waals surface area contributed by atoms with Crippen LogP contribution in [0.15, 0.2) is 0 Å². The molecule has 0 aromatic heterocycles. The Morgan fingerprint density at radius 1 is 1.30 bits per heavy atom. The van der Waals surface area contributed by atoms with Crippen molar-refractivity contribution in [1.29, 1.82) is 0 Å². The van der Waals surface area contributed by atoms with Crippen LogP contribution in [0.1, 0.15) is 52.4 Å². The molecule has 3 fully saturated rings. The molecule has 0 aromatic rings. The fourth-order valence-electron chi connectivity index (χ4n) is 3.89. The third-order valence-electron chi connectivity index (χ3n) is 5.01. The summed E-state index contributed by atoms with van der Waals surface area (Å²) in [6, 6.07) is -0.0358. The second-order valence-electron chi connectivity index (χ2n) is 6.21. The number of carbonyl (C=O) groups is 2. The Kier molecular flexibility index (Phi) is 3.82. The molecule has 20 heavy (non-hydrogen) atoms. The van der Waals surface area contributed by atoms with Crippen molar-refractivity contribution >= 4 is 11.8 Å². The fourth-order valence-corrected chi connectivity index (χ4v) is 3.89. The molecule has 0 aliphatic carbocycles. The third kappa shape index (κ3) is 2.27. The average Bonchev–Trinajstić information content (AvgIpc) is 3.11. The summed E-state index contributed by atoms with van der Waals surface area (Å²) in [5, 5.41) is 3.39. The molecular weight excluding hydrogens is 256 g/mol. The lowest BCUT2D eigenvalue weighted by atomic mass is 9.94. The number of carbonyl (C=O) groups excluding carboxylic acids is 2. The molecule has 0 radical (unpaired) electrons. The molecule has 4 atom stereocenters. The number of rotatable bonds is 5. The van der Waals surface area contributed by atoms with Crippen LogP contribution in [0, 0.1) is 0 Å². The normalized spacial score (nSPS) is 36.6. The van der Waals surface area contributed by atoms with Crippen LogP contribution in [0.3, 0.4) is 0 Å². The van der Waals surface area contributed by atoms with E-state index in [1.54, 1.807) is 0 Å². The fraction of sp³-hybridized carbons (Fsp3) is 0.867. The van der Waals surface area contributed by atoms with Gasteiger partial charge in [0.25, 0.3) is 0 Å². The topological polar surface area (TPSA) is 58.6 Å². The van der Waals surface area contributed by atoms with E-state index in [9.17, 15) is 9.59 Å². The molecule has 2 bridgehead atoms. The van der Waals surface area contributed by atoms with Crippen LogP contribution in [0.5, 0.6) is 0 Å². The van der Waals surface area contributed by atoms with Gasteiger partial charge in [-0.15, -0.1) is 0 Å². The molecule has 3 aliphatic heterocycles. The molecule has 0 saturated carbocycles. The van der Waals surface area contributed by atoms with E-state index in [2.05, 4.69) is 5.32 Å². The summed E-state index contributed by atoms with van der Waals surface area (Å²) in [4.78, 5) is 26.1. The highest BCUT2D eigenvalue weighted by Gasteiger charge is 2.46. The number of likely N-dealkylation sites (tertiary alicyclic amines) is 1. The van der Waals surface area contributed by atoms with E-state index in [4.69, 9.17) is 4.74 Å². The highest BCUT2D eigenvalue weighted by atomic mass is 16.5. The monoisotopic (exact) mass is 280 g/mol. The quantitative estimate of drug-likeness (QED) is 0.769. The predicted octanol–water partition coefficient (Wildman–Crippen LogP) is 1.21.